The van der Waals surface area contributed by atoms with Crippen molar-refractivity contribution < 1.29 is 0 Å². The third-order valence-electron chi connectivity index (χ3n) is 7.60. The van der Waals surface area contributed by atoms with Crippen LogP contribution < -0.4 is 0 Å². The van der Waals surface area contributed by atoms with E-state index < -0.39 is 8.07 Å². The summed E-state index contributed by atoms with van der Waals surface area (Å²) in [5.41, 5.74) is 8.44. The summed E-state index contributed by atoms with van der Waals surface area (Å²) in [6.45, 7) is 5.30. The van der Waals surface area contributed by atoms with Crippen molar-refractivity contribution in [3.63, 3.8) is 0 Å². The molecule has 2 fully saturated rings. The lowest BCUT2D eigenvalue weighted by atomic mass is 9.95. The monoisotopic (exact) mass is 366 g/mol. The first-order valence-electron chi connectivity index (χ1n) is 11.5. The summed E-state index contributed by atoms with van der Waals surface area (Å²) >= 11 is 0. The normalized spacial score (nSPS) is 26.2. The van der Waals surface area contributed by atoms with Crippen molar-refractivity contribution in [2.45, 2.75) is 108 Å². The van der Waals surface area contributed by atoms with Gasteiger partial charge >= 0.3 is 0 Å². The molecule has 0 aromatic carbocycles. The lowest BCUT2D eigenvalue weighted by molar-refractivity contribution is 0.559. The van der Waals surface area contributed by atoms with Crippen molar-refractivity contribution in [1.29, 1.82) is 0 Å². The predicted molar refractivity (Wildman–Crippen MR) is 117 cm³/mol. The Morgan fingerprint density at radius 2 is 0.808 bits per heavy atom. The van der Waals surface area contributed by atoms with Crippen LogP contribution in [0, 0.1) is 0 Å². The maximum Gasteiger partial charge on any atom is 0.0699 e. The number of rotatable bonds is 2. The minimum Gasteiger partial charge on any atom is -0.0768 e. The molecule has 0 nitrogen and oxygen atoms in total. The quantitative estimate of drug-likeness (QED) is 0.431. The highest BCUT2D eigenvalue weighted by Gasteiger charge is 2.40. The van der Waals surface area contributed by atoms with Crippen molar-refractivity contribution in [1.82, 2.24) is 0 Å². The lowest BCUT2D eigenvalue weighted by Crippen LogP contribution is -2.34. The van der Waals surface area contributed by atoms with E-state index in [9.17, 15) is 0 Å². The Kier molecular flexibility index (Phi) is 5.74. The van der Waals surface area contributed by atoms with Crippen LogP contribution in [0.5, 0.6) is 0 Å². The molecule has 0 heterocycles. The van der Waals surface area contributed by atoms with Crippen LogP contribution in [0.2, 0.25) is 24.2 Å². The third-order valence-corrected chi connectivity index (χ3v) is 11.7. The van der Waals surface area contributed by atoms with Crippen LogP contribution in [0.25, 0.3) is 0 Å². The van der Waals surface area contributed by atoms with Gasteiger partial charge in [-0.05, 0) is 78.3 Å². The molecule has 2 saturated carbocycles. The van der Waals surface area contributed by atoms with E-state index in [0.717, 1.165) is 11.1 Å². The van der Waals surface area contributed by atoms with Gasteiger partial charge in [0.05, 0.1) is 8.07 Å². The van der Waals surface area contributed by atoms with Crippen LogP contribution in [0.3, 0.4) is 0 Å². The highest BCUT2D eigenvalue weighted by atomic mass is 28.3. The molecule has 142 valence electrons. The number of allylic oxidation sites excluding steroid dienone is 8. The fourth-order valence-corrected chi connectivity index (χ4v) is 8.58. The van der Waals surface area contributed by atoms with Gasteiger partial charge < -0.3 is 0 Å². The Hall–Kier alpha value is -0.823. The Morgan fingerprint density at radius 1 is 0.500 bits per heavy atom. The topological polar surface area (TPSA) is 0 Å². The molecule has 0 radical (unpaired) electrons. The first kappa shape index (κ1) is 18.5. The van der Waals surface area contributed by atoms with Gasteiger partial charge in [-0.25, -0.2) is 0 Å². The number of hydrogen-bond acceptors (Lipinski definition) is 0. The van der Waals surface area contributed by atoms with E-state index >= 15 is 0 Å². The largest absolute Gasteiger partial charge is 0.0768 e. The minimum atomic E-state index is -1.38. The molecule has 1 heteroatoms. The molecule has 4 aliphatic carbocycles. The second kappa shape index (κ2) is 8.05. The van der Waals surface area contributed by atoms with E-state index in [1.807, 2.05) is 0 Å². The van der Waals surface area contributed by atoms with Gasteiger partial charge in [0, 0.05) is 0 Å². The maximum atomic E-state index is 2.73. The lowest BCUT2D eigenvalue weighted by Gasteiger charge is -2.32. The second-order valence-electron chi connectivity index (χ2n) is 9.82. The molecule has 0 N–H and O–H groups in total. The van der Waals surface area contributed by atoms with Crippen LogP contribution >= 0.6 is 0 Å². The van der Waals surface area contributed by atoms with Gasteiger partial charge in [-0.15, -0.1) is 0 Å². The van der Waals surface area contributed by atoms with Gasteiger partial charge in [-0.2, -0.15) is 0 Å². The first-order valence-corrected chi connectivity index (χ1v) is 14.6. The average molecular weight is 367 g/mol. The summed E-state index contributed by atoms with van der Waals surface area (Å²) in [5.74, 6) is 0. The van der Waals surface area contributed by atoms with Gasteiger partial charge in [0.15, 0.2) is 0 Å². The fraction of sp³-hybridized carbons (Fsp3) is 0.680. The SMILES string of the molecule is C[Si](C)(C1C=C2CCCCCCCCCCC2=C1)C1C=C2CCCC2=C1. The molecule has 0 unspecified atom stereocenters. The van der Waals surface area contributed by atoms with Crippen molar-refractivity contribution in [3.8, 4) is 0 Å². The second-order valence-corrected chi connectivity index (χ2v) is 14.8. The zero-order valence-corrected chi connectivity index (χ0v) is 18.2. The Balaban J connectivity index is 1.50. The van der Waals surface area contributed by atoms with E-state index in [-0.39, 0.29) is 0 Å². The summed E-state index contributed by atoms with van der Waals surface area (Å²) in [4.78, 5) is 0. The summed E-state index contributed by atoms with van der Waals surface area (Å²) in [7, 11) is -1.38. The molecule has 4 rings (SSSR count). The maximum absolute atomic E-state index is 2.73. The summed E-state index contributed by atoms with van der Waals surface area (Å²) in [5, 5.41) is 0. The minimum absolute atomic E-state index is 0.759. The molecule has 0 bridgehead atoms. The van der Waals surface area contributed by atoms with E-state index in [4.69, 9.17) is 0 Å². The Morgan fingerprint density at radius 3 is 1.19 bits per heavy atom. The van der Waals surface area contributed by atoms with Gasteiger partial charge in [0.2, 0.25) is 0 Å². The summed E-state index contributed by atoms with van der Waals surface area (Å²) in [6, 6.07) is 0. The summed E-state index contributed by atoms with van der Waals surface area (Å²) < 4.78 is 0. The average Bonchev–Trinajstić information content (AvgIpc) is 3.29. The molecule has 0 aliphatic heterocycles. The molecule has 4 aliphatic rings. The molecule has 0 saturated heterocycles. The summed E-state index contributed by atoms with van der Waals surface area (Å²) in [6.07, 6.45) is 29.2. The van der Waals surface area contributed by atoms with Crippen LogP contribution in [0.15, 0.2) is 46.6 Å². The molecule has 26 heavy (non-hydrogen) atoms. The first-order chi connectivity index (χ1) is 12.6. The predicted octanol–water partition coefficient (Wildman–Crippen LogP) is 8.27. The molecular weight excluding hydrogens is 328 g/mol. The van der Waals surface area contributed by atoms with Crippen LogP contribution in [0.4, 0.5) is 0 Å². The molecular formula is C25H38Si. The molecule has 0 spiro atoms. The highest BCUT2D eigenvalue weighted by Crippen LogP contribution is 2.49. The smallest absolute Gasteiger partial charge is 0.0699 e. The molecule has 0 aromatic rings. The van der Waals surface area contributed by atoms with E-state index in [2.05, 4.69) is 37.4 Å². The van der Waals surface area contributed by atoms with Crippen LogP contribution in [-0.2, 0) is 0 Å². The van der Waals surface area contributed by atoms with E-state index in [1.165, 1.54) is 83.5 Å². The van der Waals surface area contributed by atoms with Gasteiger partial charge in [-0.1, -0.05) is 75.9 Å². The van der Waals surface area contributed by atoms with E-state index in [0.29, 0.717) is 0 Å². The van der Waals surface area contributed by atoms with Gasteiger partial charge in [0.25, 0.3) is 0 Å². The zero-order chi connectivity index (χ0) is 18.0. The van der Waals surface area contributed by atoms with Crippen molar-refractivity contribution in [2.75, 3.05) is 0 Å². The standard InChI is InChI=1S/C25H38Si/c1-26(2,25-18-22-14-11-15-23(22)19-25)24-16-20-12-9-7-5-3-4-6-8-10-13-21(20)17-24/h16-19,24-25H,3-15H2,1-2H3. The van der Waals surface area contributed by atoms with Crippen molar-refractivity contribution in [2.24, 2.45) is 0 Å². The number of hydrogen-bond donors (Lipinski definition) is 0. The molecule has 0 amide bonds. The van der Waals surface area contributed by atoms with Crippen molar-refractivity contribution >= 4 is 8.07 Å². The fourth-order valence-electron chi connectivity index (χ4n) is 5.61. The highest BCUT2D eigenvalue weighted by molar-refractivity contribution is 6.82. The number of fused-ring (bicyclic) bond motifs is 2. The zero-order valence-electron chi connectivity index (χ0n) is 17.2. The van der Waals surface area contributed by atoms with Crippen LogP contribution in [-0.4, -0.2) is 8.07 Å². The van der Waals surface area contributed by atoms with Gasteiger partial charge in [-0.3, -0.25) is 0 Å². The van der Waals surface area contributed by atoms with E-state index in [1.54, 1.807) is 22.3 Å². The molecule has 0 aromatic heterocycles. The Labute approximate surface area is 162 Å². The van der Waals surface area contributed by atoms with Gasteiger partial charge in [0.1, 0.15) is 0 Å². The van der Waals surface area contributed by atoms with Crippen molar-refractivity contribution in [3.05, 3.63) is 46.6 Å². The van der Waals surface area contributed by atoms with Crippen LogP contribution in [0.1, 0.15) is 83.5 Å². The Bertz CT molecular complexity index is 595. The molecule has 0 atom stereocenters. The third kappa shape index (κ3) is 3.88.